The zero-order chi connectivity index (χ0) is 30.9. The predicted octanol–water partition coefficient (Wildman–Crippen LogP) is 6.95. The lowest BCUT2D eigenvalue weighted by Crippen LogP contribution is -2.13. The quantitative estimate of drug-likeness (QED) is 0.0857. The highest BCUT2D eigenvalue weighted by Crippen LogP contribution is 2.35. The van der Waals surface area contributed by atoms with Gasteiger partial charge in [-0.05, 0) is 60.2 Å². The van der Waals surface area contributed by atoms with E-state index in [1.165, 1.54) is 30.4 Å². The fourth-order valence-electron chi connectivity index (χ4n) is 4.08. The van der Waals surface area contributed by atoms with E-state index in [-0.39, 0.29) is 28.2 Å². The zero-order valence-electron chi connectivity index (χ0n) is 23.1. The standard InChI is InChI=1S/C36H24O8/c37-30(21-18-24-16-19-28(20-17-24)42-34(39)25-10-4-1-5-11-25)33-31(38)22-29(43-35(40)26-12-6-2-7-13-26)23-32(33)44-36(41)27-14-8-3-9-15-27/h1-23,38H/b21-18+. The summed E-state index contributed by atoms with van der Waals surface area (Å²) in [4.78, 5) is 51.0. The number of carbonyl (C=O) groups is 4. The number of ketones is 1. The Hall–Kier alpha value is -6.28. The topological polar surface area (TPSA) is 116 Å². The molecule has 0 radical (unpaired) electrons. The van der Waals surface area contributed by atoms with Crippen molar-refractivity contribution in [3.8, 4) is 23.0 Å². The lowest BCUT2D eigenvalue weighted by atomic mass is 10.1. The van der Waals surface area contributed by atoms with Crippen LogP contribution >= 0.6 is 0 Å². The molecule has 0 unspecified atom stereocenters. The molecule has 0 aliphatic carbocycles. The Morgan fingerprint density at radius 1 is 0.523 bits per heavy atom. The van der Waals surface area contributed by atoms with Crippen LogP contribution in [0, 0.1) is 0 Å². The van der Waals surface area contributed by atoms with Crippen LogP contribution in [0.1, 0.15) is 47.0 Å². The molecule has 0 aliphatic heterocycles. The third kappa shape index (κ3) is 7.32. The largest absolute Gasteiger partial charge is 0.507 e. The summed E-state index contributed by atoms with van der Waals surface area (Å²) in [6, 6.07) is 33.5. The molecular weight excluding hydrogens is 560 g/mol. The first kappa shape index (κ1) is 29.2. The molecule has 0 saturated carbocycles. The van der Waals surface area contributed by atoms with E-state index in [0.29, 0.717) is 16.9 Å². The van der Waals surface area contributed by atoms with Crippen molar-refractivity contribution in [3.05, 3.63) is 161 Å². The first-order valence-corrected chi connectivity index (χ1v) is 13.4. The van der Waals surface area contributed by atoms with Crippen molar-refractivity contribution in [2.45, 2.75) is 0 Å². The number of benzene rings is 5. The van der Waals surface area contributed by atoms with Gasteiger partial charge in [-0.25, -0.2) is 14.4 Å². The molecule has 0 bridgehead atoms. The minimum absolute atomic E-state index is 0.131. The van der Waals surface area contributed by atoms with Crippen molar-refractivity contribution >= 4 is 29.8 Å². The number of allylic oxidation sites excluding steroid dienone is 1. The number of hydrogen-bond acceptors (Lipinski definition) is 8. The number of ether oxygens (including phenoxy) is 3. The van der Waals surface area contributed by atoms with E-state index in [1.54, 1.807) is 103 Å². The summed E-state index contributed by atoms with van der Waals surface area (Å²) in [5, 5.41) is 10.8. The van der Waals surface area contributed by atoms with Crippen LogP contribution in [0.25, 0.3) is 6.08 Å². The van der Waals surface area contributed by atoms with Gasteiger partial charge in [-0.1, -0.05) is 72.8 Å². The maximum atomic E-state index is 13.3. The molecule has 0 aromatic heterocycles. The van der Waals surface area contributed by atoms with Crippen LogP contribution in [0.5, 0.6) is 23.0 Å². The van der Waals surface area contributed by atoms with Crippen LogP contribution in [0.2, 0.25) is 0 Å². The number of carbonyl (C=O) groups excluding carboxylic acids is 4. The molecule has 0 amide bonds. The summed E-state index contributed by atoms with van der Waals surface area (Å²) >= 11 is 0. The number of rotatable bonds is 9. The summed E-state index contributed by atoms with van der Waals surface area (Å²) in [5.41, 5.74) is 1.16. The summed E-state index contributed by atoms with van der Waals surface area (Å²) in [6.07, 6.45) is 2.67. The number of aromatic hydroxyl groups is 1. The zero-order valence-corrected chi connectivity index (χ0v) is 23.1. The Balaban J connectivity index is 1.37. The van der Waals surface area contributed by atoms with Crippen LogP contribution < -0.4 is 14.2 Å². The molecule has 1 N–H and O–H groups in total. The maximum Gasteiger partial charge on any atom is 0.343 e. The van der Waals surface area contributed by atoms with Gasteiger partial charge in [0.15, 0.2) is 5.78 Å². The summed E-state index contributed by atoms with van der Waals surface area (Å²) in [7, 11) is 0. The van der Waals surface area contributed by atoms with Crippen LogP contribution in [-0.4, -0.2) is 28.8 Å². The lowest BCUT2D eigenvalue weighted by molar-refractivity contribution is 0.0719. The third-order valence-corrected chi connectivity index (χ3v) is 6.26. The molecule has 0 aliphatic rings. The van der Waals surface area contributed by atoms with Crippen LogP contribution in [0.15, 0.2) is 133 Å². The van der Waals surface area contributed by atoms with E-state index in [0.717, 1.165) is 6.07 Å². The van der Waals surface area contributed by atoms with Crippen molar-refractivity contribution in [3.63, 3.8) is 0 Å². The highest BCUT2D eigenvalue weighted by molar-refractivity contribution is 6.11. The minimum atomic E-state index is -0.782. The van der Waals surface area contributed by atoms with Gasteiger partial charge in [0.2, 0.25) is 0 Å². The van der Waals surface area contributed by atoms with E-state index in [4.69, 9.17) is 14.2 Å². The van der Waals surface area contributed by atoms with Crippen molar-refractivity contribution in [1.82, 2.24) is 0 Å². The molecular formula is C36H24O8. The molecule has 0 fully saturated rings. The highest BCUT2D eigenvalue weighted by atomic mass is 16.5. The van der Waals surface area contributed by atoms with Crippen molar-refractivity contribution in [2.75, 3.05) is 0 Å². The van der Waals surface area contributed by atoms with Gasteiger partial charge in [0, 0.05) is 12.1 Å². The monoisotopic (exact) mass is 584 g/mol. The number of hydrogen-bond donors (Lipinski definition) is 1. The normalized spacial score (nSPS) is 10.6. The van der Waals surface area contributed by atoms with Gasteiger partial charge in [-0.2, -0.15) is 0 Å². The molecule has 216 valence electrons. The second kappa shape index (κ2) is 13.6. The molecule has 5 rings (SSSR count). The Morgan fingerprint density at radius 2 is 0.977 bits per heavy atom. The molecule has 44 heavy (non-hydrogen) atoms. The molecule has 8 nitrogen and oxygen atoms in total. The van der Waals surface area contributed by atoms with Gasteiger partial charge in [0.25, 0.3) is 0 Å². The number of phenols is 1. The fourth-order valence-corrected chi connectivity index (χ4v) is 4.08. The number of esters is 3. The van der Waals surface area contributed by atoms with Crippen molar-refractivity contribution in [1.29, 1.82) is 0 Å². The predicted molar refractivity (Wildman–Crippen MR) is 162 cm³/mol. The van der Waals surface area contributed by atoms with E-state index >= 15 is 0 Å². The molecule has 8 heteroatoms. The van der Waals surface area contributed by atoms with E-state index < -0.39 is 29.4 Å². The smallest absolute Gasteiger partial charge is 0.343 e. The molecule has 5 aromatic carbocycles. The van der Waals surface area contributed by atoms with Crippen LogP contribution in [0.3, 0.4) is 0 Å². The molecule has 5 aromatic rings. The van der Waals surface area contributed by atoms with Crippen LogP contribution in [0.4, 0.5) is 0 Å². The molecule has 0 spiro atoms. The minimum Gasteiger partial charge on any atom is -0.507 e. The van der Waals surface area contributed by atoms with Gasteiger partial charge < -0.3 is 19.3 Å². The average Bonchev–Trinajstić information content (AvgIpc) is 3.05. The van der Waals surface area contributed by atoms with Crippen molar-refractivity contribution < 1.29 is 38.5 Å². The molecule has 0 saturated heterocycles. The SMILES string of the molecule is O=C(Oc1ccc(/C=C/C(=O)c2c(O)cc(OC(=O)c3ccccc3)cc2OC(=O)c2ccccc2)cc1)c1ccccc1. The Labute approximate surface area is 252 Å². The van der Waals surface area contributed by atoms with E-state index in [2.05, 4.69) is 0 Å². The van der Waals surface area contributed by atoms with Gasteiger partial charge in [0.05, 0.1) is 16.7 Å². The Kier molecular flexibility index (Phi) is 9.02. The Morgan fingerprint density at radius 3 is 1.48 bits per heavy atom. The maximum absolute atomic E-state index is 13.3. The van der Waals surface area contributed by atoms with Gasteiger partial charge in [0.1, 0.15) is 28.6 Å². The highest BCUT2D eigenvalue weighted by Gasteiger charge is 2.22. The fraction of sp³-hybridized carbons (Fsp3) is 0. The summed E-state index contributed by atoms with van der Waals surface area (Å²) in [5.74, 6) is -3.35. The van der Waals surface area contributed by atoms with Crippen LogP contribution in [-0.2, 0) is 0 Å². The second-order valence-electron chi connectivity index (χ2n) is 9.35. The van der Waals surface area contributed by atoms with Gasteiger partial charge in [-0.3, -0.25) is 4.79 Å². The first-order chi connectivity index (χ1) is 21.4. The molecule has 0 atom stereocenters. The summed E-state index contributed by atoms with van der Waals surface area (Å²) < 4.78 is 16.3. The molecule has 0 heterocycles. The summed E-state index contributed by atoms with van der Waals surface area (Å²) in [6.45, 7) is 0. The first-order valence-electron chi connectivity index (χ1n) is 13.4. The van der Waals surface area contributed by atoms with E-state index in [1.807, 2.05) is 0 Å². The third-order valence-electron chi connectivity index (χ3n) is 6.26. The number of phenolic OH excluding ortho intramolecular Hbond substituents is 1. The lowest BCUT2D eigenvalue weighted by Gasteiger charge is -2.13. The van der Waals surface area contributed by atoms with Crippen molar-refractivity contribution in [2.24, 2.45) is 0 Å². The Bertz CT molecular complexity index is 1830. The van der Waals surface area contributed by atoms with E-state index in [9.17, 15) is 24.3 Å². The average molecular weight is 585 g/mol. The second-order valence-corrected chi connectivity index (χ2v) is 9.35. The van der Waals surface area contributed by atoms with Gasteiger partial charge in [-0.15, -0.1) is 0 Å². The van der Waals surface area contributed by atoms with Gasteiger partial charge >= 0.3 is 17.9 Å².